The van der Waals surface area contributed by atoms with Crippen molar-refractivity contribution in [3.05, 3.63) is 53.1 Å². The molecule has 0 fully saturated rings. The van der Waals surface area contributed by atoms with Crippen molar-refractivity contribution >= 4 is 34.0 Å². The molecule has 0 bridgehead atoms. The average molecular weight is 387 g/mol. The number of fused-ring (bicyclic) bond motifs is 2. The van der Waals surface area contributed by atoms with Crippen LogP contribution in [-0.2, 0) is 4.74 Å². The van der Waals surface area contributed by atoms with Crippen LogP contribution in [0.15, 0.2) is 36.4 Å². The topological polar surface area (TPSA) is 116 Å². The minimum Gasteiger partial charge on any atom is -0.497 e. The molecule has 2 aromatic carbocycles. The number of carbonyl (C=O) groups excluding carboxylic acids is 1. The molecule has 29 heavy (non-hydrogen) atoms. The van der Waals surface area contributed by atoms with E-state index in [2.05, 4.69) is 16.0 Å². The molecule has 0 aliphatic carbocycles. The number of nitrogens with two attached hydrogens (primary N) is 1. The molecule has 0 saturated heterocycles. The van der Waals surface area contributed by atoms with Crippen molar-refractivity contribution in [2.45, 2.75) is 6.92 Å². The molecule has 8 heteroatoms. The normalized spacial score (nSPS) is 10.8. The Labute approximate surface area is 166 Å². The summed E-state index contributed by atoms with van der Waals surface area (Å²) in [5, 5.41) is 9.69. The van der Waals surface area contributed by atoms with E-state index >= 15 is 0 Å². The molecule has 2 heterocycles. The highest BCUT2D eigenvalue weighted by molar-refractivity contribution is 6.04. The number of aromatic nitrogens is 3. The highest BCUT2D eigenvalue weighted by Crippen LogP contribution is 2.33. The van der Waals surface area contributed by atoms with Crippen LogP contribution in [0.25, 0.3) is 27.9 Å². The number of methoxy groups -OCH3 is 2. The number of hydrogen-bond donors (Lipinski definition) is 1. The molecule has 0 atom stereocenters. The highest BCUT2D eigenvalue weighted by atomic mass is 16.5. The summed E-state index contributed by atoms with van der Waals surface area (Å²) in [6, 6.07) is 12.7. The fraction of sp³-hybridized carbons (Fsp3) is 0.143. The lowest BCUT2D eigenvalue weighted by atomic mass is 10.1. The van der Waals surface area contributed by atoms with E-state index in [0.29, 0.717) is 33.6 Å². The van der Waals surface area contributed by atoms with Crippen LogP contribution in [0.3, 0.4) is 0 Å². The number of para-hydroxylation sites is 1. The van der Waals surface area contributed by atoms with Crippen molar-refractivity contribution < 1.29 is 14.3 Å². The molecule has 0 amide bonds. The van der Waals surface area contributed by atoms with E-state index < -0.39 is 5.97 Å². The van der Waals surface area contributed by atoms with E-state index in [1.807, 2.05) is 25.1 Å². The Morgan fingerprint density at radius 2 is 1.97 bits per heavy atom. The number of hydrogen-bond acceptors (Lipinski definition) is 7. The third-order valence-corrected chi connectivity index (χ3v) is 4.80. The Bertz CT molecular complexity index is 1330. The Balaban J connectivity index is 2.16. The Hall–Kier alpha value is -4.12. The Morgan fingerprint density at radius 3 is 2.66 bits per heavy atom. The zero-order valence-corrected chi connectivity index (χ0v) is 16.1. The molecular weight excluding hydrogens is 370 g/mol. The number of nitriles is 1. The Morgan fingerprint density at radius 1 is 1.17 bits per heavy atom. The van der Waals surface area contributed by atoms with Gasteiger partial charge in [0, 0.05) is 6.07 Å². The zero-order chi connectivity index (χ0) is 20.7. The molecule has 0 spiro atoms. The number of carbonyl (C=O) groups is 1. The minimum absolute atomic E-state index is 0.216. The van der Waals surface area contributed by atoms with Crippen molar-refractivity contribution in [1.29, 1.82) is 5.26 Å². The van der Waals surface area contributed by atoms with E-state index in [9.17, 15) is 10.1 Å². The van der Waals surface area contributed by atoms with Crippen LogP contribution in [-0.4, -0.2) is 34.7 Å². The van der Waals surface area contributed by atoms with Crippen LogP contribution in [0.5, 0.6) is 5.75 Å². The largest absolute Gasteiger partial charge is 0.497 e. The van der Waals surface area contributed by atoms with Gasteiger partial charge in [0.15, 0.2) is 5.65 Å². The maximum absolute atomic E-state index is 12.2. The molecule has 144 valence electrons. The summed E-state index contributed by atoms with van der Waals surface area (Å²) in [4.78, 5) is 21.5. The lowest BCUT2D eigenvalue weighted by molar-refractivity contribution is 0.0603. The number of nitrogens with zero attached hydrogens (tertiary/aromatic N) is 4. The molecule has 0 aliphatic heterocycles. The summed E-state index contributed by atoms with van der Waals surface area (Å²) in [7, 11) is 2.88. The number of nitrogen functional groups attached to an aromatic ring is 1. The van der Waals surface area contributed by atoms with Crippen LogP contribution < -0.4 is 10.5 Å². The first-order valence-electron chi connectivity index (χ1n) is 8.74. The second-order valence-corrected chi connectivity index (χ2v) is 6.42. The fourth-order valence-electron chi connectivity index (χ4n) is 3.33. The van der Waals surface area contributed by atoms with Crippen LogP contribution >= 0.6 is 0 Å². The van der Waals surface area contributed by atoms with Crippen LogP contribution in [0.4, 0.5) is 5.82 Å². The van der Waals surface area contributed by atoms with Gasteiger partial charge in [-0.05, 0) is 30.7 Å². The number of benzene rings is 2. The SMILES string of the molecule is COC(=O)c1cccc2nc3c(C#N)c(N)n(-c4cc(OC)ccc4C)c3nc12. The number of esters is 1. The van der Waals surface area contributed by atoms with E-state index in [4.69, 9.17) is 15.2 Å². The summed E-state index contributed by atoms with van der Waals surface area (Å²) in [5.74, 6) is 0.330. The van der Waals surface area contributed by atoms with Gasteiger partial charge in [0.2, 0.25) is 0 Å². The van der Waals surface area contributed by atoms with Gasteiger partial charge in [-0.2, -0.15) is 5.26 Å². The fourth-order valence-corrected chi connectivity index (χ4v) is 3.33. The molecule has 2 N–H and O–H groups in total. The summed E-state index contributed by atoms with van der Waals surface area (Å²) in [5.41, 5.74) is 10.0. The zero-order valence-electron chi connectivity index (χ0n) is 16.1. The average Bonchev–Trinajstić information content (AvgIpc) is 3.01. The van der Waals surface area contributed by atoms with Crippen molar-refractivity contribution in [1.82, 2.24) is 14.5 Å². The molecule has 0 saturated carbocycles. The second kappa shape index (κ2) is 6.80. The van der Waals surface area contributed by atoms with E-state index in [1.54, 1.807) is 29.9 Å². The molecule has 4 rings (SSSR count). The molecular formula is C21H17N5O3. The monoisotopic (exact) mass is 387 g/mol. The lowest BCUT2D eigenvalue weighted by Gasteiger charge is -2.12. The third kappa shape index (κ3) is 2.72. The number of aryl methyl sites for hydroxylation is 1. The van der Waals surface area contributed by atoms with Crippen LogP contribution in [0.2, 0.25) is 0 Å². The molecule has 0 radical (unpaired) electrons. The maximum Gasteiger partial charge on any atom is 0.340 e. The van der Waals surface area contributed by atoms with Crippen molar-refractivity contribution in [3.8, 4) is 17.5 Å². The summed E-state index contributed by atoms with van der Waals surface area (Å²) in [6.07, 6.45) is 0. The highest BCUT2D eigenvalue weighted by Gasteiger charge is 2.22. The van der Waals surface area contributed by atoms with Gasteiger partial charge < -0.3 is 15.2 Å². The van der Waals surface area contributed by atoms with Crippen molar-refractivity contribution in [2.75, 3.05) is 20.0 Å². The van der Waals surface area contributed by atoms with Gasteiger partial charge in [0.1, 0.15) is 34.2 Å². The van der Waals surface area contributed by atoms with Crippen LogP contribution in [0.1, 0.15) is 21.5 Å². The first-order chi connectivity index (χ1) is 14.0. The van der Waals surface area contributed by atoms with E-state index in [-0.39, 0.29) is 16.9 Å². The minimum atomic E-state index is -0.520. The van der Waals surface area contributed by atoms with E-state index in [1.165, 1.54) is 7.11 Å². The Kier molecular flexibility index (Phi) is 4.28. The summed E-state index contributed by atoms with van der Waals surface area (Å²) in [6.45, 7) is 1.92. The first-order valence-corrected chi connectivity index (χ1v) is 8.74. The number of anilines is 1. The standard InChI is InChI=1S/C21H17N5O3/c1-11-7-8-12(28-2)9-16(11)26-19(23)14(10-22)18-20(26)25-17-13(21(27)29-3)5-4-6-15(17)24-18/h4-9H,23H2,1-3H3. The van der Waals surface area contributed by atoms with Gasteiger partial charge in [0.25, 0.3) is 0 Å². The third-order valence-electron chi connectivity index (χ3n) is 4.80. The van der Waals surface area contributed by atoms with Crippen LogP contribution in [0, 0.1) is 18.3 Å². The quantitative estimate of drug-likeness (QED) is 0.537. The van der Waals surface area contributed by atoms with Crippen molar-refractivity contribution in [2.24, 2.45) is 0 Å². The molecule has 4 aromatic rings. The van der Waals surface area contributed by atoms with Crippen molar-refractivity contribution in [3.63, 3.8) is 0 Å². The summed E-state index contributed by atoms with van der Waals surface area (Å²) >= 11 is 0. The predicted octanol–water partition coefficient (Wildman–Crippen LogP) is 3.13. The van der Waals surface area contributed by atoms with Gasteiger partial charge >= 0.3 is 5.97 Å². The van der Waals surface area contributed by atoms with E-state index in [0.717, 1.165) is 5.56 Å². The van der Waals surface area contributed by atoms with Gasteiger partial charge in [-0.1, -0.05) is 12.1 Å². The maximum atomic E-state index is 12.2. The van der Waals surface area contributed by atoms with Gasteiger partial charge in [-0.3, -0.25) is 4.57 Å². The molecule has 0 unspecified atom stereocenters. The first kappa shape index (κ1) is 18.3. The number of rotatable bonds is 3. The second-order valence-electron chi connectivity index (χ2n) is 6.42. The molecule has 0 aliphatic rings. The van der Waals surface area contributed by atoms with Gasteiger partial charge in [0.05, 0.1) is 31.0 Å². The molecule has 2 aromatic heterocycles. The predicted molar refractivity (Wildman–Crippen MR) is 108 cm³/mol. The smallest absolute Gasteiger partial charge is 0.340 e. The number of ether oxygens (including phenoxy) is 2. The molecule has 8 nitrogen and oxygen atoms in total. The summed E-state index contributed by atoms with van der Waals surface area (Å²) < 4.78 is 11.9. The van der Waals surface area contributed by atoms with Gasteiger partial charge in [-0.15, -0.1) is 0 Å². The lowest BCUT2D eigenvalue weighted by Crippen LogP contribution is -2.06. The van der Waals surface area contributed by atoms with Gasteiger partial charge in [-0.25, -0.2) is 14.8 Å².